The fourth-order valence-electron chi connectivity index (χ4n) is 2.20. The summed E-state index contributed by atoms with van der Waals surface area (Å²) in [5.74, 6) is -0.971. The molecule has 3 N–H and O–H groups in total. The van der Waals surface area contributed by atoms with Crippen LogP contribution in [-0.4, -0.2) is 30.8 Å². The topological polar surface area (TPSA) is 107 Å². The first-order chi connectivity index (χ1) is 8.68. The molecule has 7 nitrogen and oxygen atoms in total. The van der Waals surface area contributed by atoms with E-state index in [1.807, 2.05) is 12.2 Å². The number of carboxylic acids is 1. The Morgan fingerprint density at radius 3 is 2.78 bits per heavy atom. The Kier molecular flexibility index (Phi) is 2.26. The number of rotatable bonds is 2. The van der Waals surface area contributed by atoms with Gasteiger partial charge in [-0.05, 0) is 12.8 Å². The predicted molar refractivity (Wildman–Crippen MR) is 64.1 cm³/mol. The number of allylic oxidation sites excluding steroid dienone is 2. The molecular weight excluding hydrogens is 234 g/mol. The van der Waals surface area contributed by atoms with Crippen LogP contribution in [0.5, 0.6) is 0 Å². The Bertz CT molecular complexity index is 653. The van der Waals surface area contributed by atoms with Crippen LogP contribution in [0, 0.1) is 0 Å². The van der Waals surface area contributed by atoms with Crippen molar-refractivity contribution in [1.29, 1.82) is 0 Å². The van der Waals surface area contributed by atoms with E-state index in [0.29, 0.717) is 11.0 Å². The predicted octanol–water partition coefficient (Wildman–Crippen LogP) is 0.998. The highest BCUT2D eigenvalue weighted by Gasteiger charge is 2.24. The molecule has 0 unspecified atom stereocenters. The van der Waals surface area contributed by atoms with Crippen LogP contribution < -0.4 is 5.73 Å². The standard InChI is InChI=1S/C11H11N5O2/c12-9-7-8(11(17)18)15-16(6-3-1-2-4-6)10(7)14-5-13-9/h1-2,5-6H,3-4H2,(H,17,18)(H2,12,13,14). The average Bonchev–Trinajstić information content (AvgIpc) is 2.95. The molecule has 0 fully saturated rings. The fourth-order valence-corrected chi connectivity index (χ4v) is 2.20. The first-order valence-electron chi connectivity index (χ1n) is 5.55. The number of aromatic carboxylic acids is 1. The molecule has 3 rings (SSSR count). The molecule has 7 heteroatoms. The number of nitrogen functional groups attached to an aromatic ring is 1. The van der Waals surface area contributed by atoms with Crippen LogP contribution in [0.2, 0.25) is 0 Å². The number of fused-ring (bicyclic) bond motifs is 1. The fraction of sp³-hybridized carbons (Fsp3) is 0.273. The van der Waals surface area contributed by atoms with Gasteiger partial charge in [-0.3, -0.25) is 0 Å². The summed E-state index contributed by atoms with van der Waals surface area (Å²) in [6.45, 7) is 0. The van der Waals surface area contributed by atoms with Crippen LogP contribution in [-0.2, 0) is 0 Å². The van der Waals surface area contributed by atoms with Gasteiger partial charge < -0.3 is 10.8 Å². The van der Waals surface area contributed by atoms with Crippen molar-refractivity contribution in [3.63, 3.8) is 0 Å². The van der Waals surface area contributed by atoms with Crippen LogP contribution in [0.25, 0.3) is 11.0 Å². The van der Waals surface area contributed by atoms with Crippen molar-refractivity contribution in [2.75, 3.05) is 5.73 Å². The van der Waals surface area contributed by atoms with Crippen molar-refractivity contribution >= 4 is 22.8 Å². The average molecular weight is 245 g/mol. The maximum Gasteiger partial charge on any atom is 0.357 e. The molecule has 0 radical (unpaired) electrons. The van der Waals surface area contributed by atoms with Crippen molar-refractivity contribution in [1.82, 2.24) is 19.7 Å². The van der Waals surface area contributed by atoms with E-state index < -0.39 is 5.97 Å². The largest absolute Gasteiger partial charge is 0.476 e. The van der Waals surface area contributed by atoms with Gasteiger partial charge in [0.05, 0.1) is 11.4 Å². The Labute approximate surface area is 102 Å². The van der Waals surface area contributed by atoms with E-state index >= 15 is 0 Å². The summed E-state index contributed by atoms with van der Waals surface area (Å²) in [6.07, 6.45) is 7.05. The van der Waals surface area contributed by atoms with Gasteiger partial charge in [-0.2, -0.15) is 5.10 Å². The van der Waals surface area contributed by atoms with E-state index in [9.17, 15) is 4.79 Å². The van der Waals surface area contributed by atoms with Crippen LogP contribution in [0.1, 0.15) is 29.4 Å². The second-order valence-electron chi connectivity index (χ2n) is 4.15. The zero-order chi connectivity index (χ0) is 12.7. The smallest absolute Gasteiger partial charge is 0.357 e. The van der Waals surface area contributed by atoms with E-state index in [1.54, 1.807) is 4.68 Å². The molecule has 0 bridgehead atoms. The lowest BCUT2D eigenvalue weighted by Gasteiger charge is -2.10. The minimum absolute atomic E-state index is 0.0880. The number of hydrogen-bond acceptors (Lipinski definition) is 5. The third-order valence-electron chi connectivity index (χ3n) is 3.05. The third kappa shape index (κ3) is 1.44. The monoisotopic (exact) mass is 245 g/mol. The van der Waals surface area contributed by atoms with E-state index in [1.165, 1.54) is 6.33 Å². The lowest BCUT2D eigenvalue weighted by molar-refractivity contribution is 0.0691. The molecule has 0 amide bonds. The summed E-state index contributed by atoms with van der Waals surface area (Å²) in [4.78, 5) is 19.1. The summed E-state index contributed by atoms with van der Waals surface area (Å²) in [5.41, 5.74) is 6.12. The quantitative estimate of drug-likeness (QED) is 0.764. The zero-order valence-corrected chi connectivity index (χ0v) is 9.45. The van der Waals surface area contributed by atoms with Gasteiger partial charge in [-0.15, -0.1) is 0 Å². The molecule has 18 heavy (non-hydrogen) atoms. The molecule has 92 valence electrons. The van der Waals surface area contributed by atoms with Gasteiger partial charge in [0.2, 0.25) is 0 Å². The van der Waals surface area contributed by atoms with Gasteiger partial charge in [0.15, 0.2) is 11.3 Å². The Hall–Kier alpha value is -2.44. The Balaban J connectivity index is 2.27. The highest BCUT2D eigenvalue weighted by Crippen LogP contribution is 2.29. The van der Waals surface area contributed by atoms with Crippen molar-refractivity contribution in [2.45, 2.75) is 18.9 Å². The van der Waals surface area contributed by atoms with Gasteiger partial charge in [-0.1, -0.05) is 12.2 Å². The van der Waals surface area contributed by atoms with Gasteiger partial charge in [0.1, 0.15) is 12.1 Å². The van der Waals surface area contributed by atoms with Crippen molar-refractivity contribution < 1.29 is 9.90 Å². The maximum absolute atomic E-state index is 11.2. The summed E-state index contributed by atoms with van der Waals surface area (Å²) in [6, 6.07) is 0.106. The highest BCUT2D eigenvalue weighted by atomic mass is 16.4. The van der Waals surface area contributed by atoms with Crippen molar-refractivity contribution in [3.05, 3.63) is 24.2 Å². The second-order valence-corrected chi connectivity index (χ2v) is 4.15. The Morgan fingerprint density at radius 2 is 2.11 bits per heavy atom. The van der Waals surface area contributed by atoms with Gasteiger partial charge >= 0.3 is 5.97 Å². The van der Waals surface area contributed by atoms with Crippen molar-refractivity contribution in [3.8, 4) is 0 Å². The summed E-state index contributed by atoms with van der Waals surface area (Å²) < 4.78 is 1.64. The summed E-state index contributed by atoms with van der Waals surface area (Å²) in [5, 5.41) is 13.6. The molecule has 0 saturated heterocycles. The maximum atomic E-state index is 11.2. The first kappa shape index (κ1) is 10.7. The van der Waals surface area contributed by atoms with Gasteiger partial charge in [0, 0.05) is 0 Å². The van der Waals surface area contributed by atoms with E-state index in [0.717, 1.165) is 12.8 Å². The molecule has 1 aliphatic rings. The third-order valence-corrected chi connectivity index (χ3v) is 3.05. The van der Waals surface area contributed by atoms with Crippen LogP contribution in [0.15, 0.2) is 18.5 Å². The first-order valence-corrected chi connectivity index (χ1v) is 5.55. The number of nitrogens with zero attached hydrogens (tertiary/aromatic N) is 4. The van der Waals surface area contributed by atoms with E-state index in [4.69, 9.17) is 10.8 Å². The van der Waals surface area contributed by atoms with Crippen molar-refractivity contribution in [2.24, 2.45) is 0 Å². The number of anilines is 1. The lowest BCUT2D eigenvalue weighted by Crippen LogP contribution is -2.09. The van der Waals surface area contributed by atoms with E-state index in [2.05, 4.69) is 15.1 Å². The van der Waals surface area contributed by atoms with Crippen LogP contribution >= 0.6 is 0 Å². The lowest BCUT2D eigenvalue weighted by atomic mass is 10.2. The molecule has 2 aromatic rings. The Morgan fingerprint density at radius 1 is 1.39 bits per heavy atom. The van der Waals surface area contributed by atoms with Crippen LogP contribution in [0.4, 0.5) is 5.82 Å². The molecule has 2 aromatic heterocycles. The highest BCUT2D eigenvalue weighted by molar-refractivity contribution is 6.04. The number of carbonyl (C=O) groups is 1. The van der Waals surface area contributed by atoms with Crippen LogP contribution in [0.3, 0.4) is 0 Å². The molecular formula is C11H11N5O2. The minimum Gasteiger partial charge on any atom is -0.476 e. The molecule has 0 saturated carbocycles. The van der Waals surface area contributed by atoms with Gasteiger partial charge in [-0.25, -0.2) is 19.4 Å². The molecule has 0 atom stereocenters. The molecule has 1 aliphatic carbocycles. The van der Waals surface area contributed by atoms with Gasteiger partial charge in [0.25, 0.3) is 0 Å². The number of hydrogen-bond donors (Lipinski definition) is 2. The zero-order valence-electron chi connectivity index (χ0n) is 9.45. The molecule has 2 heterocycles. The molecule has 0 aromatic carbocycles. The normalized spacial score (nSPS) is 15.6. The number of carboxylic acid groups (broad SMARTS) is 1. The number of nitrogens with two attached hydrogens (primary N) is 1. The summed E-state index contributed by atoms with van der Waals surface area (Å²) >= 11 is 0. The van der Waals surface area contributed by atoms with E-state index in [-0.39, 0.29) is 17.6 Å². The summed E-state index contributed by atoms with van der Waals surface area (Å²) in [7, 11) is 0. The minimum atomic E-state index is -1.12. The molecule has 0 aliphatic heterocycles. The SMILES string of the molecule is Nc1ncnc2c1c(C(=O)O)nn2C1CC=CC1. The molecule has 0 spiro atoms. The number of aromatic nitrogens is 4. The second kappa shape index (κ2) is 3.80.